The van der Waals surface area contributed by atoms with Gasteiger partial charge in [-0.15, -0.1) is 11.3 Å². The summed E-state index contributed by atoms with van der Waals surface area (Å²) in [6.45, 7) is 0.575. The number of carbonyl (C=O) groups excluding carboxylic acids is 2. The van der Waals surface area contributed by atoms with Crippen LogP contribution in [0, 0.1) is 5.82 Å². The first-order chi connectivity index (χ1) is 11.6. The maximum absolute atomic E-state index is 13.8. The zero-order chi connectivity index (χ0) is 16.9. The molecular weight excluding hydrogens is 327 g/mol. The molecule has 0 bridgehead atoms. The van der Waals surface area contributed by atoms with Gasteiger partial charge in [-0.2, -0.15) is 0 Å². The minimum atomic E-state index is -0.290. The summed E-state index contributed by atoms with van der Waals surface area (Å²) in [5, 5.41) is 4.59. The molecule has 0 unspecified atom stereocenters. The molecule has 126 valence electrons. The molecule has 4 nitrogen and oxygen atoms in total. The summed E-state index contributed by atoms with van der Waals surface area (Å²) in [4.78, 5) is 26.7. The number of hydrogen-bond acceptors (Lipinski definition) is 3. The zero-order valence-corrected chi connectivity index (χ0v) is 14.0. The Hall–Kier alpha value is -2.21. The zero-order valence-electron chi connectivity index (χ0n) is 13.2. The highest BCUT2D eigenvalue weighted by atomic mass is 32.1. The van der Waals surface area contributed by atoms with Crippen LogP contribution >= 0.6 is 11.3 Å². The van der Waals surface area contributed by atoms with Gasteiger partial charge < -0.3 is 10.2 Å². The first-order valence-electron chi connectivity index (χ1n) is 7.99. The molecule has 1 heterocycles. The van der Waals surface area contributed by atoms with Crippen molar-refractivity contribution in [2.45, 2.75) is 31.8 Å². The van der Waals surface area contributed by atoms with Crippen LogP contribution in [-0.4, -0.2) is 29.3 Å². The van der Waals surface area contributed by atoms with Crippen LogP contribution in [0.3, 0.4) is 0 Å². The Bertz CT molecular complexity index is 714. The Morgan fingerprint density at radius 3 is 2.67 bits per heavy atom. The average Bonchev–Trinajstić information content (AvgIpc) is 3.26. The fourth-order valence-corrected chi connectivity index (χ4v) is 3.18. The van der Waals surface area contributed by atoms with Gasteiger partial charge in [0.05, 0.1) is 4.88 Å². The lowest BCUT2D eigenvalue weighted by Gasteiger charge is -2.23. The number of benzene rings is 1. The number of nitrogens with zero attached hydrogens (tertiary/aromatic N) is 1. The molecule has 0 atom stereocenters. The van der Waals surface area contributed by atoms with Gasteiger partial charge >= 0.3 is 0 Å². The molecule has 2 aromatic rings. The number of carbonyl (C=O) groups is 2. The van der Waals surface area contributed by atoms with E-state index in [0.717, 1.165) is 12.8 Å². The summed E-state index contributed by atoms with van der Waals surface area (Å²) in [7, 11) is 0. The Balaban J connectivity index is 1.53. The lowest BCUT2D eigenvalue weighted by Crippen LogP contribution is -2.35. The predicted octanol–water partition coefficient (Wildman–Crippen LogP) is 3.20. The second-order valence-electron chi connectivity index (χ2n) is 5.83. The van der Waals surface area contributed by atoms with Gasteiger partial charge in [0.25, 0.3) is 5.91 Å². The SMILES string of the molecule is O=C(NCCC(=O)N(Cc1ccccc1F)C1CC1)c1cccs1. The van der Waals surface area contributed by atoms with E-state index in [-0.39, 0.29) is 43.2 Å². The normalized spacial score (nSPS) is 13.5. The Labute approximate surface area is 144 Å². The third-order valence-corrected chi connectivity index (χ3v) is 4.84. The van der Waals surface area contributed by atoms with E-state index in [0.29, 0.717) is 10.4 Å². The van der Waals surface area contributed by atoms with Gasteiger partial charge in [-0.05, 0) is 30.4 Å². The standard InChI is InChI=1S/C18H19FN2O2S/c19-15-5-2-1-4-13(15)12-21(14-7-8-14)17(22)9-10-20-18(23)16-6-3-11-24-16/h1-6,11,14H,7-10,12H2,(H,20,23). The first kappa shape index (κ1) is 16.6. The second kappa shape index (κ2) is 7.57. The summed E-state index contributed by atoms with van der Waals surface area (Å²) in [5.41, 5.74) is 0.528. The van der Waals surface area contributed by atoms with Gasteiger partial charge in [-0.3, -0.25) is 9.59 Å². The molecule has 1 N–H and O–H groups in total. The van der Waals surface area contributed by atoms with Crippen molar-refractivity contribution in [1.82, 2.24) is 10.2 Å². The number of thiophene rings is 1. The predicted molar refractivity (Wildman–Crippen MR) is 91.2 cm³/mol. The van der Waals surface area contributed by atoms with Crippen LogP contribution in [0.2, 0.25) is 0 Å². The van der Waals surface area contributed by atoms with Crippen LogP contribution in [-0.2, 0) is 11.3 Å². The summed E-state index contributed by atoms with van der Waals surface area (Å²) in [6.07, 6.45) is 2.14. The van der Waals surface area contributed by atoms with E-state index in [4.69, 9.17) is 0 Å². The van der Waals surface area contributed by atoms with Crippen molar-refractivity contribution in [1.29, 1.82) is 0 Å². The highest BCUT2D eigenvalue weighted by Crippen LogP contribution is 2.29. The van der Waals surface area contributed by atoms with Crippen molar-refractivity contribution in [3.8, 4) is 0 Å². The van der Waals surface area contributed by atoms with E-state index in [2.05, 4.69) is 5.32 Å². The highest BCUT2D eigenvalue weighted by molar-refractivity contribution is 7.12. The monoisotopic (exact) mass is 346 g/mol. The fourth-order valence-electron chi connectivity index (χ4n) is 2.54. The topological polar surface area (TPSA) is 49.4 Å². The number of hydrogen-bond donors (Lipinski definition) is 1. The molecule has 3 rings (SSSR count). The number of rotatable bonds is 7. The molecule has 1 aliphatic carbocycles. The van der Waals surface area contributed by atoms with Crippen molar-refractivity contribution < 1.29 is 14.0 Å². The van der Waals surface area contributed by atoms with Crippen molar-refractivity contribution in [3.05, 3.63) is 58.0 Å². The van der Waals surface area contributed by atoms with E-state index >= 15 is 0 Å². The molecule has 1 aromatic carbocycles. The molecule has 1 fully saturated rings. The lowest BCUT2D eigenvalue weighted by atomic mass is 10.2. The van der Waals surface area contributed by atoms with Crippen LogP contribution in [0.4, 0.5) is 4.39 Å². The van der Waals surface area contributed by atoms with Gasteiger partial charge in [-0.1, -0.05) is 24.3 Å². The summed E-state index contributed by atoms with van der Waals surface area (Å²) in [5.74, 6) is -0.501. The van der Waals surface area contributed by atoms with Crippen LogP contribution in [0.5, 0.6) is 0 Å². The van der Waals surface area contributed by atoms with Crippen LogP contribution in [0.25, 0.3) is 0 Å². The maximum atomic E-state index is 13.8. The molecule has 6 heteroatoms. The smallest absolute Gasteiger partial charge is 0.261 e. The molecule has 0 saturated heterocycles. The van der Waals surface area contributed by atoms with Gasteiger partial charge in [0.1, 0.15) is 5.82 Å². The molecule has 0 aliphatic heterocycles. The van der Waals surface area contributed by atoms with Crippen LogP contribution in [0.1, 0.15) is 34.5 Å². The van der Waals surface area contributed by atoms with Gasteiger partial charge in [0, 0.05) is 31.1 Å². The van der Waals surface area contributed by atoms with Crippen molar-refractivity contribution in [2.24, 2.45) is 0 Å². The molecule has 1 aliphatic rings. The maximum Gasteiger partial charge on any atom is 0.261 e. The fraction of sp³-hybridized carbons (Fsp3) is 0.333. The minimum absolute atomic E-state index is 0.0489. The van der Waals surface area contributed by atoms with Gasteiger partial charge in [-0.25, -0.2) is 4.39 Å². The van der Waals surface area contributed by atoms with Crippen LogP contribution in [0.15, 0.2) is 41.8 Å². The minimum Gasteiger partial charge on any atom is -0.351 e. The van der Waals surface area contributed by atoms with E-state index in [9.17, 15) is 14.0 Å². The molecule has 0 spiro atoms. The van der Waals surface area contributed by atoms with E-state index in [1.165, 1.54) is 17.4 Å². The third-order valence-electron chi connectivity index (χ3n) is 3.98. The summed E-state index contributed by atoms with van der Waals surface area (Å²) in [6, 6.07) is 10.3. The molecule has 2 amide bonds. The van der Waals surface area contributed by atoms with Crippen LogP contribution < -0.4 is 5.32 Å². The summed E-state index contributed by atoms with van der Waals surface area (Å²) < 4.78 is 13.8. The Morgan fingerprint density at radius 2 is 2.00 bits per heavy atom. The number of amides is 2. The summed E-state index contributed by atoms with van der Waals surface area (Å²) >= 11 is 1.37. The third kappa shape index (κ3) is 4.20. The lowest BCUT2D eigenvalue weighted by molar-refractivity contribution is -0.132. The van der Waals surface area contributed by atoms with E-state index < -0.39 is 0 Å². The molecule has 1 saturated carbocycles. The number of halogens is 1. The van der Waals surface area contributed by atoms with Gasteiger partial charge in [0.2, 0.25) is 5.91 Å². The molecule has 24 heavy (non-hydrogen) atoms. The van der Waals surface area contributed by atoms with Crippen molar-refractivity contribution in [2.75, 3.05) is 6.54 Å². The quantitative estimate of drug-likeness (QED) is 0.837. The largest absolute Gasteiger partial charge is 0.351 e. The average molecular weight is 346 g/mol. The van der Waals surface area contributed by atoms with Crippen molar-refractivity contribution in [3.63, 3.8) is 0 Å². The molecular formula is C18H19FN2O2S. The van der Waals surface area contributed by atoms with Crippen molar-refractivity contribution >= 4 is 23.2 Å². The molecule has 0 radical (unpaired) electrons. The Kier molecular flexibility index (Phi) is 5.25. The Morgan fingerprint density at radius 1 is 1.21 bits per heavy atom. The number of nitrogens with one attached hydrogen (secondary N) is 1. The van der Waals surface area contributed by atoms with E-state index in [1.54, 1.807) is 29.2 Å². The first-order valence-corrected chi connectivity index (χ1v) is 8.87. The molecule has 1 aromatic heterocycles. The van der Waals surface area contributed by atoms with Gasteiger partial charge in [0.15, 0.2) is 0 Å². The highest BCUT2D eigenvalue weighted by Gasteiger charge is 2.32. The van der Waals surface area contributed by atoms with E-state index in [1.807, 2.05) is 11.4 Å². The second-order valence-corrected chi connectivity index (χ2v) is 6.78.